The molecular formula is C12H10F7NO4S. The van der Waals surface area contributed by atoms with E-state index in [9.17, 15) is 43.9 Å². The molecule has 0 spiro atoms. The Labute approximate surface area is 136 Å². The third kappa shape index (κ3) is 3.33. The van der Waals surface area contributed by atoms with Crippen molar-refractivity contribution >= 4 is 15.7 Å². The van der Waals surface area contributed by atoms with Gasteiger partial charge in [0.15, 0.2) is 9.84 Å². The minimum atomic E-state index is -6.64. The van der Waals surface area contributed by atoms with Crippen LogP contribution in [-0.2, 0) is 20.4 Å². The number of nitrogens with zero attached hydrogens (tertiary/aromatic N) is 1. The molecule has 0 aliphatic carbocycles. The monoisotopic (exact) mass is 397 g/mol. The van der Waals surface area contributed by atoms with E-state index in [-0.39, 0.29) is 10.7 Å². The van der Waals surface area contributed by atoms with Crippen molar-refractivity contribution in [1.29, 1.82) is 0 Å². The molecule has 2 rings (SSSR count). The number of amides is 1. The molecule has 1 saturated heterocycles. The third-order valence-electron chi connectivity index (χ3n) is 3.59. The Morgan fingerprint density at radius 2 is 1.72 bits per heavy atom. The molecule has 13 heteroatoms. The van der Waals surface area contributed by atoms with Gasteiger partial charge in [0.2, 0.25) is 0 Å². The van der Waals surface area contributed by atoms with Gasteiger partial charge in [0.25, 0.3) is 5.91 Å². The SMILES string of the molecule is O=C(N1CC(S(=O)(=O)Cc2ccco2)C1)C(F)(F)C(F)(F)C(F)(F)F. The largest absolute Gasteiger partial charge is 0.468 e. The average molecular weight is 397 g/mol. The second-order valence-electron chi connectivity index (χ2n) is 5.37. The highest BCUT2D eigenvalue weighted by Gasteiger charge is 2.77. The van der Waals surface area contributed by atoms with Gasteiger partial charge in [-0.25, -0.2) is 8.42 Å². The topological polar surface area (TPSA) is 67.6 Å². The van der Waals surface area contributed by atoms with Gasteiger partial charge in [0, 0.05) is 13.1 Å². The molecule has 0 N–H and O–H groups in total. The van der Waals surface area contributed by atoms with Crippen LogP contribution >= 0.6 is 0 Å². The van der Waals surface area contributed by atoms with E-state index in [1.54, 1.807) is 0 Å². The minimum Gasteiger partial charge on any atom is -0.468 e. The summed E-state index contributed by atoms with van der Waals surface area (Å²) >= 11 is 0. The molecule has 1 aliphatic rings. The van der Waals surface area contributed by atoms with Crippen molar-refractivity contribution < 1.29 is 48.4 Å². The lowest BCUT2D eigenvalue weighted by Crippen LogP contribution is -2.66. The van der Waals surface area contributed by atoms with Crippen LogP contribution in [0, 0.1) is 0 Å². The number of halogens is 7. The number of hydrogen-bond donors (Lipinski definition) is 0. The first-order valence-electron chi connectivity index (χ1n) is 6.56. The van der Waals surface area contributed by atoms with Gasteiger partial charge >= 0.3 is 18.0 Å². The number of carbonyl (C=O) groups excluding carboxylic acids is 1. The third-order valence-corrected chi connectivity index (χ3v) is 5.59. The molecule has 0 atom stereocenters. The Bertz CT molecular complexity index is 736. The zero-order valence-corrected chi connectivity index (χ0v) is 12.9. The smallest absolute Gasteiger partial charge is 0.460 e. The van der Waals surface area contributed by atoms with Gasteiger partial charge in [-0.15, -0.1) is 0 Å². The average Bonchev–Trinajstić information content (AvgIpc) is 2.86. The van der Waals surface area contributed by atoms with Crippen LogP contribution in [0.5, 0.6) is 0 Å². The lowest BCUT2D eigenvalue weighted by atomic mass is 10.1. The van der Waals surface area contributed by atoms with Gasteiger partial charge in [-0.3, -0.25) is 4.79 Å². The van der Waals surface area contributed by atoms with E-state index < -0.39 is 57.9 Å². The molecule has 0 unspecified atom stereocenters. The van der Waals surface area contributed by atoms with E-state index in [0.717, 1.165) is 0 Å². The number of furan rings is 1. The molecule has 0 aromatic carbocycles. The van der Waals surface area contributed by atoms with Crippen molar-refractivity contribution in [1.82, 2.24) is 4.90 Å². The van der Waals surface area contributed by atoms with Gasteiger partial charge in [-0.05, 0) is 12.1 Å². The Kier molecular flexibility index (Phi) is 4.60. The van der Waals surface area contributed by atoms with E-state index >= 15 is 0 Å². The van der Waals surface area contributed by atoms with Crippen LogP contribution in [0.2, 0.25) is 0 Å². The van der Waals surface area contributed by atoms with Gasteiger partial charge in [0.05, 0.1) is 11.5 Å². The summed E-state index contributed by atoms with van der Waals surface area (Å²) < 4.78 is 117. The molecule has 0 bridgehead atoms. The molecule has 1 aromatic heterocycles. The summed E-state index contributed by atoms with van der Waals surface area (Å²) in [5, 5.41) is -1.36. The molecule has 1 fully saturated rings. The summed E-state index contributed by atoms with van der Waals surface area (Å²) in [6.07, 6.45) is -5.46. The van der Waals surface area contributed by atoms with Crippen molar-refractivity contribution in [3.05, 3.63) is 24.2 Å². The number of likely N-dealkylation sites (tertiary alicyclic amines) is 1. The Balaban J connectivity index is 2.05. The van der Waals surface area contributed by atoms with E-state index in [1.807, 2.05) is 0 Å². The predicted octanol–water partition coefficient (Wildman–Crippen LogP) is 2.24. The van der Waals surface area contributed by atoms with E-state index in [4.69, 9.17) is 4.42 Å². The lowest BCUT2D eigenvalue weighted by Gasteiger charge is -2.41. The number of hydrogen-bond acceptors (Lipinski definition) is 4. The van der Waals surface area contributed by atoms with Crippen LogP contribution in [0.4, 0.5) is 30.7 Å². The predicted molar refractivity (Wildman–Crippen MR) is 67.6 cm³/mol. The number of carbonyl (C=O) groups is 1. The maximum atomic E-state index is 13.3. The van der Waals surface area contributed by atoms with Gasteiger partial charge in [0.1, 0.15) is 11.5 Å². The highest BCUT2D eigenvalue weighted by atomic mass is 32.2. The molecule has 25 heavy (non-hydrogen) atoms. The Morgan fingerprint density at radius 1 is 1.16 bits per heavy atom. The fourth-order valence-corrected chi connectivity index (χ4v) is 3.66. The normalized spacial score (nSPS) is 17.5. The van der Waals surface area contributed by atoms with Crippen molar-refractivity contribution in [3.8, 4) is 0 Å². The molecule has 142 valence electrons. The zero-order chi connectivity index (χ0) is 19.3. The molecule has 0 radical (unpaired) electrons. The number of rotatable bonds is 5. The van der Waals surface area contributed by atoms with Crippen molar-refractivity contribution in [3.63, 3.8) is 0 Å². The minimum absolute atomic E-state index is 0.0266. The highest BCUT2D eigenvalue weighted by Crippen LogP contribution is 2.47. The maximum absolute atomic E-state index is 13.3. The second-order valence-corrected chi connectivity index (χ2v) is 7.65. The summed E-state index contributed by atoms with van der Waals surface area (Å²) in [6.45, 7) is -1.82. The summed E-state index contributed by atoms with van der Waals surface area (Å²) in [5.74, 6) is -16.0. The van der Waals surface area contributed by atoms with Gasteiger partial charge in [-0.1, -0.05) is 0 Å². The molecule has 1 amide bonds. The highest BCUT2D eigenvalue weighted by molar-refractivity contribution is 7.91. The molecule has 5 nitrogen and oxygen atoms in total. The van der Waals surface area contributed by atoms with Crippen LogP contribution in [0.25, 0.3) is 0 Å². The quantitative estimate of drug-likeness (QED) is 0.715. The molecule has 1 aromatic rings. The summed E-state index contributed by atoms with van der Waals surface area (Å²) in [5.41, 5.74) is 0. The summed E-state index contributed by atoms with van der Waals surface area (Å²) in [4.78, 5) is 11.3. The Morgan fingerprint density at radius 3 is 2.16 bits per heavy atom. The summed E-state index contributed by atoms with van der Waals surface area (Å²) in [7, 11) is -3.96. The van der Waals surface area contributed by atoms with Crippen molar-refractivity contribution in [2.24, 2.45) is 0 Å². The second kappa shape index (κ2) is 5.88. The molecule has 1 aliphatic heterocycles. The lowest BCUT2D eigenvalue weighted by molar-refractivity contribution is -0.346. The zero-order valence-electron chi connectivity index (χ0n) is 12.1. The van der Waals surface area contributed by atoms with Gasteiger partial charge in [-0.2, -0.15) is 30.7 Å². The van der Waals surface area contributed by atoms with Crippen LogP contribution in [0.15, 0.2) is 22.8 Å². The number of alkyl halides is 7. The van der Waals surface area contributed by atoms with Crippen LogP contribution in [-0.4, -0.2) is 55.6 Å². The number of sulfone groups is 1. The van der Waals surface area contributed by atoms with Crippen molar-refractivity contribution in [2.45, 2.75) is 29.0 Å². The van der Waals surface area contributed by atoms with Crippen LogP contribution in [0.3, 0.4) is 0 Å². The first-order chi connectivity index (χ1) is 11.2. The van der Waals surface area contributed by atoms with E-state index in [2.05, 4.69) is 0 Å². The fraction of sp³-hybridized carbons (Fsp3) is 0.583. The fourth-order valence-electron chi connectivity index (χ4n) is 2.05. The standard InChI is InChI=1S/C12H10F7NO4S/c13-10(14,11(15,16)12(17,18)19)9(21)20-4-8(5-20)25(22,23)6-7-2-1-3-24-7/h1-3,8H,4-6H2. The maximum Gasteiger partial charge on any atom is 0.460 e. The van der Waals surface area contributed by atoms with E-state index in [1.165, 1.54) is 18.4 Å². The molecule has 2 heterocycles. The molecule has 0 saturated carbocycles. The first kappa shape index (κ1) is 19.5. The Hall–Kier alpha value is -1.79. The molecular weight excluding hydrogens is 387 g/mol. The van der Waals surface area contributed by atoms with Crippen LogP contribution in [0.1, 0.15) is 5.76 Å². The first-order valence-corrected chi connectivity index (χ1v) is 8.27. The summed E-state index contributed by atoms with van der Waals surface area (Å²) in [6, 6.07) is 2.71. The van der Waals surface area contributed by atoms with Gasteiger partial charge < -0.3 is 9.32 Å². The van der Waals surface area contributed by atoms with Crippen LogP contribution < -0.4 is 0 Å². The van der Waals surface area contributed by atoms with E-state index in [0.29, 0.717) is 0 Å². The van der Waals surface area contributed by atoms with Crippen molar-refractivity contribution in [2.75, 3.05) is 13.1 Å².